The Morgan fingerprint density at radius 3 is 2.26 bits per heavy atom. The third-order valence-electron chi connectivity index (χ3n) is 9.12. The Kier molecular flexibility index (Phi) is 6.84. The molecule has 5 aromatic carbocycles. The molecule has 47 heavy (non-hydrogen) atoms. The molecule has 5 heteroatoms. The first-order valence-corrected chi connectivity index (χ1v) is 17.1. The lowest BCUT2D eigenvalue weighted by Gasteiger charge is -2.38. The molecule has 0 fully saturated rings. The van der Waals surface area contributed by atoms with Gasteiger partial charge >= 0.3 is 0 Å². The van der Waals surface area contributed by atoms with Gasteiger partial charge in [0, 0.05) is 48.9 Å². The lowest BCUT2D eigenvalue weighted by atomic mass is 9.87. The normalized spacial score (nSPS) is 15.1. The molecule has 0 radical (unpaired) electrons. The maximum Gasteiger partial charge on any atom is 0.160 e. The highest BCUT2D eigenvalue weighted by atomic mass is 79.9. The number of rotatable bonds is 4. The molecule has 0 N–H and O–H groups in total. The van der Waals surface area contributed by atoms with Crippen LogP contribution in [0.3, 0.4) is 0 Å². The number of anilines is 2. The summed E-state index contributed by atoms with van der Waals surface area (Å²) in [6, 6.07) is 38.5. The Morgan fingerprint density at radius 2 is 1.43 bits per heavy atom. The molecular weight excluding hydrogens is 708 g/mol. The Bertz CT molecular complexity index is 2440. The topological polar surface area (TPSA) is 29.3 Å². The van der Waals surface area contributed by atoms with Crippen molar-refractivity contribution in [3.05, 3.63) is 166 Å². The first kappa shape index (κ1) is 28.3. The molecule has 1 atom stereocenters. The average molecular weight is 734 g/mol. The highest BCUT2D eigenvalue weighted by molar-refractivity contribution is 9.11. The van der Waals surface area contributed by atoms with Crippen LogP contribution in [0, 0.1) is 0 Å². The number of fused-ring (bicyclic) bond motifs is 5. The summed E-state index contributed by atoms with van der Waals surface area (Å²) in [6.45, 7) is 0. The van der Waals surface area contributed by atoms with Crippen molar-refractivity contribution in [1.82, 2.24) is 4.98 Å². The van der Waals surface area contributed by atoms with E-state index in [2.05, 4.69) is 175 Å². The molecule has 2 aliphatic rings. The second kappa shape index (κ2) is 11.4. The van der Waals surface area contributed by atoms with E-state index in [1.165, 1.54) is 22.3 Å². The zero-order valence-corrected chi connectivity index (χ0v) is 28.2. The number of hydrogen-bond acceptors (Lipinski definition) is 3. The van der Waals surface area contributed by atoms with Crippen molar-refractivity contribution in [2.45, 2.75) is 6.04 Å². The first-order chi connectivity index (χ1) is 23.2. The Balaban J connectivity index is 1.27. The van der Waals surface area contributed by atoms with Crippen molar-refractivity contribution in [1.29, 1.82) is 0 Å². The molecule has 7 aromatic rings. The standard InChI is InChI=1S/C42H26Br2N2O/c43-34-19-20-38(46-36-17-7-4-12-27(36)22-33-30(16-8-18-37(33)46)26-10-2-1-3-11-26)42-41(34)40-35(44)23-29(24-39(40)47-42)32-15-6-5-14-31(32)28-13-9-21-45-25-28/h1-25,36H. The van der Waals surface area contributed by atoms with Gasteiger partial charge in [0.2, 0.25) is 0 Å². The number of aromatic nitrogens is 1. The molecular formula is C42H26Br2N2O. The molecule has 2 aromatic heterocycles. The monoisotopic (exact) mass is 732 g/mol. The van der Waals surface area contributed by atoms with Crippen LogP contribution in [0.25, 0.3) is 61.4 Å². The van der Waals surface area contributed by atoms with Crippen LogP contribution in [0.15, 0.2) is 165 Å². The summed E-state index contributed by atoms with van der Waals surface area (Å²) in [5, 5.41) is 2.09. The summed E-state index contributed by atoms with van der Waals surface area (Å²) in [7, 11) is 0. The van der Waals surface area contributed by atoms with E-state index in [9.17, 15) is 0 Å². The van der Waals surface area contributed by atoms with Crippen LogP contribution < -0.4 is 4.90 Å². The predicted molar refractivity (Wildman–Crippen MR) is 202 cm³/mol. The highest BCUT2D eigenvalue weighted by Gasteiger charge is 2.32. The Morgan fingerprint density at radius 1 is 0.638 bits per heavy atom. The molecule has 1 aliphatic carbocycles. The highest BCUT2D eigenvalue weighted by Crippen LogP contribution is 2.50. The number of hydrogen-bond donors (Lipinski definition) is 0. The van der Waals surface area contributed by atoms with E-state index in [1.807, 2.05) is 12.3 Å². The fraction of sp³-hybridized carbons (Fsp3) is 0.0238. The zero-order chi connectivity index (χ0) is 31.5. The van der Waals surface area contributed by atoms with Crippen LogP contribution in [0.1, 0.15) is 5.56 Å². The third-order valence-corrected chi connectivity index (χ3v) is 10.4. The molecule has 1 aliphatic heterocycles. The van der Waals surface area contributed by atoms with Gasteiger partial charge < -0.3 is 9.32 Å². The molecule has 3 nitrogen and oxygen atoms in total. The van der Waals surface area contributed by atoms with Gasteiger partial charge in [-0.1, -0.05) is 113 Å². The second-order valence-electron chi connectivity index (χ2n) is 11.8. The number of halogens is 2. The Hall–Kier alpha value is -4.97. The molecule has 0 saturated carbocycles. The van der Waals surface area contributed by atoms with E-state index < -0.39 is 0 Å². The van der Waals surface area contributed by atoms with E-state index in [1.54, 1.807) is 6.20 Å². The van der Waals surface area contributed by atoms with Crippen LogP contribution in [0.2, 0.25) is 0 Å². The number of pyridine rings is 1. The maximum atomic E-state index is 6.94. The lowest BCUT2D eigenvalue weighted by Crippen LogP contribution is -2.34. The van der Waals surface area contributed by atoms with Crippen LogP contribution in [0.4, 0.5) is 11.4 Å². The summed E-state index contributed by atoms with van der Waals surface area (Å²) in [5.74, 6) is 0. The molecule has 1 unspecified atom stereocenters. The van der Waals surface area contributed by atoms with Gasteiger partial charge in [0.15, 0.2) is 5.58 Å². The molecule has 3 heterocycles. The SMILES string of the molecule is Brc1cc(-c2ccccc2-c2cccnc2)cc2oc3c(N4c5cccc(-c6ccccc6)c5C=C5C=CC=CC54)ccc(Br)c3c12. The third kappa shape index (κ3) is 4.64. The summed E-state index contributed by atoms with van der Waals surface area (Å²) in [5.41, 5.74) is 13.1. The van der Waals surface area contributed by atoms with Crippen molar-refractivity contribution in [3.63, 3.8) is 0 Å². The van der Waals surface area contributed by atoms with E-state index in [0.29, 0.717) is 0 Å². The molecule has 0 saturated heterocycles. The van der Waals surface area contributed by atoms with Gasteiger partial charge in [0.05, 0.1) is 11.7 Å². The van der Waals surface area contributed by atoms with Crippen LogP contribution in [-0.2, 0) is 0 Å². The minimum absolute atomic E-state index is 0.0291. The van der Waals surface area contributed by atoms with Gasteiger partial charge in [-0.05, 0) is 91.8 Å². The van der Waals surface area contributed by atoms with Crippen LogP contribution >= 0.6 is 31.9 Å². The summed E-state index contributed by atoms with van der Waals surface area (Å²) in [6.07, 6.45) is 14.8. The largest absolute Gasteiger partial charge is 0.454 e. The van der Waals surface area contributed by atoms with Gasteiger partial charge in [-0.2, -0.15) is 0 Å². The van der Waals surface area contributed by atoms with Gasteiger partial charge in [-0.25, -0.2) is 0 Å². The second-order valence-corrected chi connectivity index (χ2v) is 13.5. The number of nitrogens with zero attached hydrogens (tertiary/aromatic N) is 2. The van der Waals surface area contributed by atoms with Crippen molar-refractivity contribution < 1.29 is 4.42 Å². The lowest BCUT2D eigenvalue weighted by molar-refractivity contribution is 0.666. The number of benzene rings is 5. The smallest absolute Gasteiger partial charge is 0.160 e. The average Bonchev–Trinajstić information content (AvgIpc) is 3.53. The molecule has 0 spiro atoms. The molecule has 0 bridgehead atoms. The van der Waals surface area contributed by atoms with Gasteiger partial charge in [-0.15, -0.1) is 0 Å². The summed E-state index contributed by atoms with van der Waals surface area (Å²) >= 11 is 7.86. The van der Waals surface area contributed by atoms with E-state index >= 15 is 0 Å². The fourth-order valence-corrected chi connectivity index (χ4v) is 8.20. The quantitative estimate of drug-likeness (QED) is 0.180. The van der Waals surface area contributed by atoms with Crippen LogP contribution in [-0.4, -0.2) is 11.0 Å². The minimum atomic E-state index is 0.0291. The predicted octanol–water partition coefficient (Wildman–Crippen LogP) is 12.5. The maximum absolute atomic E-state index is 6.94. The van der Waals surface area contributed by atoms with Gasteiger partial charge in [0.1, 0.15) is 5.58 Å². The molecule has 224 valence electrons. The fourth-order valence-electron chi connectivity index (χ4n) is 7.05. The minimum Gasteiger partial charge on any atom is -0.454 e. The van der Waals surface area contributed by atoms with Crippen molar-refractivity contribution in [2.75, 3.05) is 4.90 Å². The van der Waals surface area contributed by atoms with Crippen LogP contribution in [0.5, 0.6) is 0 Å². The zero-order valence-electron chi connectivity index (χ0n) is 25.1. The van der Waals surface area contributed by atoms with E-state index in [4.69, 9.17) is 4.42 Å². The van der Waals surface area contributed by atoms with Crippen molar-refractivity contribution in [3.8, 4) is 33.4 Å². The number of furan rings is 1. The molecule has 0 amide bonds. The molecule has 9 rings (SSSR count). The summed E-state index contributed by atoms with van der Waals surface area (Å²) in [4.78, 5) is 6.80. The summed E-state index contributed by atoms with van der Waals surface area (Å²) < 4.78 is 8.91. The Labute approximate surface area is 289 Å². The van der Waals surface area contributed by atoms with E-state index in [-0.39, 0.29) is 6.04 Å². The number of allylic oxidation sites excluding steroid dienone is 2. The van der Waals surface area contributed by atoms with E-state index in [0.717, 1.165) is 64.5 Å². The van der Waals surface area contributed by atoms with Crippen molar-refractivity contribution >= 4 is 71.2 Å². The van der Waals surface area contributed by atoms with Gasteiger partial charge in [-0.3, -0.25) is 4.98 Å². The van der Waals surface area contributed by atoms with Gasteiger partial charge in [0.25, 0.3) is 0 Å². The first-order valence-electron chi connectivity index (χ1n) is 15.5. The van der Waals surface area contributed by atoms with Crippen molar-refractivity contribution in [2.24, 2.45) is 0 Å².